The summed E-state index contributed by atoms with van der Waals surface area (Å²) in [6, 6.07) is 12.6. The van der Waals surface area contributed by atoms with Crippen LogP contribution in [0.5, 0.6) is 0 Å². The number of amides is 4. The summed E-state index contributed by atoms with van der Waals surface area (Å²) in [7, 11) is 0. The number of likely N-dealkylation sites (tertiary alicyclic amines) is 1. The molecule has 2 aromatic carbocycles. The van der Waals surface area contributed by atoms with Crippen molar-refractivity contribution in [1.29, 1.82) is 0 Å². The van der Waals surface area contributed by atoms with Crippen LogP contribution in [0.4, 0.5) is 0 Å². The van der Waals surface area contributed by atoms with Crippen molar-refractivity contribution in [3.8, 4) is 11.3 Å². The van der Waals surface area contributed by atoms with E-state index in [0.29, 0.717) is 40.0 Å². The van der Waals surface area contributed by atoms with Gasteiger partial charge >= 0.3 is 0 Å². The van der Waals surface area contributed by atoms with Crippen molar-refractivity contribution in [1.82, 2.24) is 31.5 Å². The number of benzene rings is 2. The molecule has 4 amide bonds. The number of carbonyl (C=O) groups is 5. The first-order chi connectivity index (χ1) is 27.6. The van der Waals surface area contributed by atoms with Crippen molar-refractivity contribution in [2.45, 2.75) is 116 Å². The van der Waals surface area contributed by atoms with Crippen molar-refractivity contribution in [2.24, 2.45) is 11.3 Å². The molecule has 0 radical (unpaired) electrons. The van der Waals surface area contributed by atoms with Crippen LogP contribution in [-0.2, 0) is 35.4 Å². The van der Waals surface area contributed by atoms with E-state index in [9.17, 15) is 24.0 Å². The minimum atomic E-state index is -1.18. The molecule has 1 aromatic heterocycles. The molecule has 2 aliphatic heterocycles. The molecule has 1 aliphatic carbocycles. The van der Waals surface area contributed by atoms with Crippen LogP contribution in [-0.4, -0.2) is 69.7 Å². The molecule has 0 bridgehead atoms. The van der Waals surface area contributed by atoms with Crippen LogP contribution in [0.1, 0.15) is 96.8 Å². The van der Waals surface area contributed by atoms with Crippen molar-refractivity contribution in [3.63, 3.8) is 0 Å². The quantitative estimate of drug-likeness (QED) is 0.132. The van der Waals surface area contributed by atoms with Crippen LogP contribution in [0, 0.1) is 11.3 Å². The Morgan fingerprint density at radius 2 is 1.71 bits per heavy atom. The molecule has 3 heterocycles. The summed E-state index contributed by atoms with van der Waals surface area (Å²) >= 11 is 12.3. The Kier molecular flexibility index (Phi) is 13.7. The molecule has 3 aliphatic rings. The van der Waals surface area contributed by atoms with Crippen LogP contribution in [0.3, 0.4) is 0 Å². The van der Waals surface area contributed by atoms with Crippen LogP contribution in [0.2, 0.25) is 10.0 Å². The number of ketones is 1. The molecule has 310 valence electrons. The molecule has 4 N–H and O–H groups in total. The number of nitrogens with zero attached hydrogens (tertiary/aromatic N) is 2. The van der Waals surface area contributed by atoms with E-state index in [4.69, 9.17) is 32.6 Å². The van der Waals surface area contributed by atoms with E-state index >= 15 is 0 Å². The topological polar surface area (TPSA) is 172 Å². The van der Waals surface area contributed by atoms with Gasteiger partial charge in [0.15, 0.2) is 5.76 Å². The molecule has 6 rings (SSSR count). The van der Waals surface area contributed by atoms with Gasteiger partial charge in [-0.1, -0.05) is 106 Å². The number of aromatic nitrogens is 1. The van der Waals surface area contributed by atoms with Crippen LogP contribution in [0.15, 0.2) is 65.2 Å². The lowest BCUT2D eigenvalue weighted by molar-refractivity contribution is -0.145. The molecule has 58 heavy (non-hydrogen) atoms. The van der Waals surface area contributed by atoms with Gasteiger partial charge in [0.05, 0.1) is 24.8 Å². The number of nitrogens with one attached hydrogen (secondary N) is 4. The number of rotatable bonds is 14. The molecule has 1 spiro atoms. The SMILES string of the molecule is CCC[C@H](NC(=O)[C@@H]1C[C@]2(C=C(c3cccc(Cl)c3)NO2)CN1C(=O)[C@@H](NC(=O)CC1CCCCC1)C(C)(C)C)C(=O)C(=O)NCc1cc(-c2ccc(Cl)cc2)no1. The fourth-order valence-electron chi connectivity index (χ4n) is 7.90. The largest absolute Gasteiger partial charge is 0.359 e. The maximum Gasteiger partial charge on any atom is 0.289 e. The molecule has 15 heteroatoms. The minimum absolute atomic E-state index is 0.0197. The van der Waals surface area contributed by atoms with Gasteiger partial charge < -0.3 is 25.4 Å². The Balaban J connectivity index is 1.20. The highest BCUT2D eigenvalue weighted by Crippen LogP contribution is 2.39. The Hall–Kier alpha value is -4.72. The van der Waals surface area contributed by atoms with E-state index in [1.54, 1.807) is 48.5 Å². The van der Waals surface area contributed by atoms with Crippen LogP contribution >= 0.6 is 23.2 Å². The van der Waals surface area contributed by atoms with Gasteiger partial charge in [-0.25, -0.2) is 0 Å². The van der Waals surface area contributed by atoms with E-state index in [1.807, 2.05) is 39.8 Å². The third kappa shape index (κ3) is 10.5. The van der Waals surface area contributed by atoms with E-state index < -0.39 is 52.6 Å². The monoisotopic (exact) mass is 834 g/mol. The average Bonchev–Trinajstić information content (AvgIpc) is 3.94. The Morgan fingerprint density at radius 1 is 0.966 bits per heavy atom. The maximum atomic E-state index is 14.7. The number of carbonyl (C=O) groups excluding carboxylic acids is 5. The summed E-state index contributed by atoms with van der Waals surface area (Å²) in [5.41, 5.74) is 3.78. The standard InChI is InChI=1S/C43H52Cl2N6O7/c1-5-10-32(37(53)40(55)46-24-31-21-33(49-57-31)27-15-17-29(44)18-16-27)47-39(54)35-23-43(22-34(50-58-43)28-13-9-14-30(45)20-28)25-51(35)41(56)38(42(2,3)4)48-36(52)19-26-11-7-6-8-12-26/h9,13-18,20-22,26,32,35,38,50H,5-8,10-12,19,23-25H2,1-4H3,(H,46,55)(H,47,54)(H,48,52)/t32-,35-,38+,43+/m0/s1. The predicted molar refractivity (Wildman–Crippen MR) is 220 cm³/mol. The second-order valence-corrected chi connectivity index (χ2v) is 17.6. The molecule has 3 aromatic rings. The molecular formula is C43H52Cl2N6O7. The van der Waals surface area contributed by atoms with E-state index in [0.717, 1.165) is 43.2 Å². The van der Waals surface area contributed by atoms with Gasteiger partial charge in [-0.15, -0.1) is 0 Å². The zero-order valence-electron chi connectivity index (χ0n) is 33.4. The first-order valence-corrected chi connectivity index (χ1v) is 20.8. The first kappa shape index (κ1) is 42.9. The molecule has 4 atom stereocenters. The summed E-state index contributed by atoms with van der Waals surface area (Å²) in [5.74, 6) is -2.45. The van der Waals surface area contributed by atoms with Gasteiger partial charge in [0.2, 0.25) is 23.5 Å². The van der Waals surface area contributed by atoms with E-state index in [1.165, 1.54) is 4.90 Å². The predicted octanol–water partition coefficient (Wildman–Crippen LogP) is 6.54. The van der Waals surface area contributed by atoms with Gasteiger partial charge in [0.1, 0.15) is 23.4 Å². The van der Waals surface area contributed by atoms with Crippen LogP contribution in [0.25, 0.3) is 17.0 Å². The minimum Gasteiger partial charge on any atom is -0.359 e. The highest BCUT2D eigenvalue weighted by atomic mass is 35.5. The zero-order chi connectivity index (χ0) is 41.6. The fourth-order valence-corrected chi connectivity index (χ4v) is 8.22. The summed E-state index contributed by atoms with van der Waals surface area (Å²) in [6.45, 7) is 7.31. The molecule has 13 nitrogen and oxygen atoms in total. The number of hydrogen-bond acceptors (Lipinski definition) is 9. The number of hydroxylamine groups is 1. The zero-order valence-corrected chi connectivity index (χ0v) is 34.9. The molecular weight excluding hydrogens is 783 g/mol. The Bertz CT molecular complexity index is 2020. The molecule has 2 fully saturated rings. The van der Waals surface area contributed by atoms with Gasteiger partial charge in [0.25, 0.3) is 5.91 Å². The van der Waals surface area contributed by atoms with Gasteiger partial charge in [-0.3, -0.25) is 34.3 Å². The highest BCUT2D eigenvalue weighted by molar-refractivity contribution is 6.38. The summed E-state index contributed by atoms with van der Waals surface area (Å²) in [5, 5.41) is 13.5. The number of hydrogen-bond donors (Lipinski definition) is 4. The van der Waals surface area contributed by atoms with E-state index in [2.05, 4.69) is 26.6 Å². The Labute approximate surface area is 348 Å². The van der Waals surface area contributed by atoms with Crippen molar-refractivity contribution >= 4 is 58.3 Å². The number of Topliss-reactive ketones (excluding diaryl/α,β-unsaturated/α-hetero) is 1. The van der Waals surface area contributed by atoms with Crippen LogP contribution < -0.4 is 21.4 Å². The lowest BCUT2D eigenvalue weighted by Crippen LogP contribution is -2.59. The van der Waals surface area contributed by atoms with Crippen molar-refractivity contribution < 1.29 is 33.3 Å². The molecule has 1 saturated carbocycles. The molecule has 0 unspecified atom stereocenters. The van der Waals surface area contributed by atoms with Gasteiger partial charge in [0, 0.05) is 40.1 Å². The number of halogens is 2. The second-order valence-electron chi connectivity index (χ2n) is 16.7. The summed E-state index contributed by atoms with van der Waals surface area (Å²) in [4.78, 5) is 77.0. The van der Waals surface area contributed by atoms with Crippen molar-refractivity contribution in [2.75, 3.05) is 6.54 Å². The third-order valence-corrected chi connectivity index (χ3v) is 11.5. The second kappa shape index (κ2) is 18.5. The Morgan fingerprint density at radius 3 is 2.40 bits per heavy atom. The highest BCUT2D eigenvalue weighted by Gasteiger charge is 2.54. The smallest absolute Gasteiger partial charge is 0.289 e. The summed E-state index contributed by atoms with van der Waals surface area (Å²) < 4.78 is 5.38. The van der Waals surface area contributed by atoms with Gasteiger partial charge in [-0.2, -0.15) is 0 Å². The molecule has 1 saturated heterocycles. The lowest BCUT2D eigenvalue weighted by atomic mass is 9.84. The first-order valence-electron chi connectivity index (χ1n) is 20.0. The lowest BCUT2D eigenvalue weighted by Gasteiger charge is -2.36. The van der Waals surface area contributed by atoms with Gasteiger partial charge in [-0.05, 0) is 60.9 Å². The van der Waals surface area contributed by atoms with E-state index in [-0.39, 0.29) is 37.8 Å². The summed E-state index contributed by atoms with van der Waals surface area (Å²) in [6.07, 6.45) is 8.14. The third-order valence-electron chi connectivity index (χ3n) is 11.0. The maximum absolute atomic E-state index is 14.7. The average molecular weight is 836 g/mol. The normalized spacial score (nSPS) is 20.6. The fraction of sp³-hybridized carbons (Fsp3) is 0.488. The van der Waals surface area contributed by atoms with Crippen molar-refractivity contribution in [3.05, 3.63) is 82.0 Å².